The summed E-state index contributed by atoms with van der Waals surface area (Å²) in [6, 6.07) is 3.25. The molecule has 2 aromatic heterocycles. The zero-order chi connectivity index (χ0) is 19.9. The summed E-state index contributed by atoms with van der Waals surface area (Å²) in [5.41, 5.74) is 0.965. The Bertz CT molecular complexity index is 739. The standard InChI is InChI=1S/C13H17N3O3.C2HF3O2/c1-4-18-12-6-5-10(19-12)13(17)16(3)8-11-14-7-9(2)15-11;3-2(4,5)1(6)7/h5-7H,4,8H2,1-3H3,(H,14,15);(H,6,7). The molecule has 0 spiro atoms. The van der Waals surface area contributed by atoms with Crippen LogP contribution >= 0.6 is 0 Å². The number of carbonyl (C=O) groups excluding carboxylic acids is 1. The highest BCUT2D eigenvalue weighted by atomic mass is 19.4. The maximum atomic E-state index is 12.1. The highest BCUT2D eigenvalue weighted by Crippen LogP contribution is 2.17. The summed E-state index contributed by atoms with van der Waals surface area (Å²) in [5, 5.41) is 7.12. The summed E-state index contributed by atoms with van der Waals surface area (Å²) in [7, 11) is 1.70. The number of imidazole rings is 1. The number of carbonyl (C=O) groups is 2. The molecule has 144 valence electrons. The molecule has 26 heavy (non-hydrogen) atoms. The van der Waals surface area contributed by atoms with Gasteiger partial charge in [-0.3, -0.25) is 4.79 Å². The summed E-state index contributed by atoms with van der Waals surface area (Å²) >= 11 is 0. The fraction of sp³-hybridized carbons (Fsp3) is 0.400. The van der Waals surface area contributed by atoms with Crippen LogP contribution in [0, 0.1) is 6.92 Å². The third-order valence-electron chi connectivity index (χ3n) is 2.81. The van der Waals surface area contributed by atoms with E-state index in [0.29, 0.717) is 19.1 Å². The van der Waals surface area contributed by atoms with E-state index in [0.717, 1.165) is 11.5 Å². The fourth-order valence-corrected chi connectivity index (χ4v) is 1.69. The average Bonchev–Trinajstić information content (AvgIpc) is 3.16. The molecule has 0 saturated carbocycles. The van der Waals surface area contributed by atoms with Crippen LogP contribution in [0.5, 0.6) is 5.95 Å². The molecule has 0 radical (unpaired) electrons. The number of aromatic nitrogens is 2. The van der Waals surface area contributed by atoms with E-state index in [1.165, 1.54) is 4.90 Å². The second-order valence-electron chi connectivity index (χ2n) is 5.03. The first-order valence-electron chi connectivity index (χ1n) is 7.33. The molecule has 11 heteroatoms. The lowest BCUT2D eigenvalue weighted by molar-refractivity contribution is -0.192. The van der Waals surface area contributed by atoms with Gasteiger partial charge in [-0.15, -0.1) is 0 Å². The van der Waals surface area contributed by atoms with Crippen LogP contribution in [-0.4, -0.2) is 51.7 Å². The van der Waals surface area contributed by atoms with Gasteiger partial charge in [-0.25, -0.2) is 9.78 Å². The molecule has 0 aliphatic heterocycles. The Hall–Kier alpha value is -2.98. The molecule has 0 aromatic carbocycles. The molecule has 2 heterocycles. The number of hydrogen-bond acceptors (Lipinski definition) is 5. The number of rotatable bonds is 5. The number of nitrogens with one attached hydrogen (secondary N) is 1. The van der Waals surface area contributed by atoms with Crippen LogP contribution in [-0.2, 0) is 11.3 Å². The molecule has 0 saturated heterocycles. The maximum Gasteiger partial charge on any atom is 0.490 e. The largest absolute Gasteiger partial charge is 0.490 e. The van der Waals surface area contributed by atoms with Crippen molar-refractivity contribution in [1.29, 1.82) is 0 Å². The van der Waals surface area contributed by atoms with Crippen molar-refractivity contribution in [1.82, 2.24) is 14.9 Å². The van der Waals surface area contributed by atoms with E-state index in [-0.39, 0.29) is 11.7 Å². The van der Waals surface area contributed by atoms with Gasteiger partial charge in [-0.1, -0.05) is 0 Å². The second-order valence-corrected chi connectivity index (χ2v) is 5.03. The summed E-state index contributed by atoms with van der Waals surface area (Å²) in [4.78, 5) is 29.8. The molecule has 0 aliphatic rings. The summed E-state index contributed by atoms with van der Waals surface area (Å²) < 4.78 is 42.2. The van der Waals surface area contributed by atoms with Crippen LogP contribution in [0.25, 0.3) is 0 Å². The number of ether oxygens (including phenoxy) is 1. The number of alkyl halides is 3. The summed E-state index contributed by atoms with van der Waals surface area (Å²) in [6.07, 6.45) is -3.35. The zero-order valence-corrected chi connectivity index (χ0v) is 14.3. The van der Waals surface area contributed by atoms with Gasteiger partial charge in [-0.2, -0.15) is 13.2 Å². The minimum absolute atomic E-state index is 0.208. The second kappa shape index (κ2) is 8.92. The first-order chi connectivity index (χ1) is 12.0. The molecule has 0 bridgehead atoms. The SMILES string of the molecule is CCOc1ccc(C(=O)N(C)Cc2ncc(C)[nH]2)o1.O=C(O)C(F)(F)F. The number of halogens is 3. The highest BCUT2D eigenvalue weighted by Gasteiger charge is 2.38. The van der Waals surface area contributed by atoms with Gasteiger partial charge in [0.2, 0.25) is 0 Å². The lowest BCUT2D eigenvalue weighted by Gasteiger charge is -2.13. The predicted molar refractivity (Wildman–Crippen MR) is 82.7 cm³/mol. The van der Waals surface area contributed by atoms with Crippen molar-refractivity contribution < 1.29 is 37.0 Å². The molecule has 0 atom stereocenters. The first-order valence-corrected chi connectivity index (χ1v) is 7.33. The van der Waals surface area contributed by atoms with Crippen molar-refractivity contribution in [2.75, 3.05) is 13.7 Å². The van der Waals surface area contributed by atoms with Crippen molar-refractivity contribution in [3.63, 3.8) is 0 Å². The number of amides is 1. The van der Waals surface area contributed by atoms with E-state index in [1.807, 2.05) is 13.8 Å². The van der Waals surface area contributed by atoms with E-state index in [4.69, 9.17) is 19.1 Å². The molecule has 2 aromatic rings. The topological polar surface area (TPSA) is 109 Å². The van der Waals surface area contributed by atoms with Crippen molar-refractivity contribution in [3.05, 3.63) is 35.6 Å². The third kappa shape index (κ3) is 6.49. The Morgan fingerprint density at radius 1 is 1.38 bits per heavy atom. The third-order valence-corrected chi connectivity index (χ3v) is 2.81. The van der Waals surface area contributed by atoms with Gasteiger partial charge in [0.1, 0.15) is 5.82 Å². The van der Waals surface area contributed by atoms with E-state index in [9.17, 15) is 18.0 Å². The predicted octanol–water partition coefficient (Wildman–Crippen LogP) is 2.62. The van der Waals surface area contributed by atoms with Crippen LogP contribution < -0.4 is 4.74 Å². The zero-order valence-electron chi connectivity index (χ0n) is 14.3. The maximum absolute atomic E-state index is 12.1. The van der Waals surface area contributed by atoms with Gasteiger partial charge < -0.3 is 24.1 Å². The van der Waals surface area contributed by atoms with Crippen molar-refractivity contribution >= 4 is 11.9 Å². The van der Waals surface area contributed by atoms with Gasteiger partial charge in [0, 0.05) is 25.0 Å². The van der Waals surface area contributed by atoms with Gasteiger partial charge >= 0.3 is 12.1 Å². The quantitative estimate of drug-likeness (QED) is 0.829. The monoisotopic (exact) mass is 377 g/mol. The number of aliphatic carboxylic acids is 1. The average molecular weight is 377 g/mol. The summed E-state index contributed by atoms with van der Waals surface area (Å²) in [6.45, 7) is 4.68. The van der Waals surface area contributed by atoms with E-state index >= 15 is 0 Å². The Labute approximate surface area is 146 Å². The van der Waals surface area contributed by atoms with Crippen LogP contribution in [0.1, 0.15) is 29.0 Å². The lowest BCUT2D eigenvalue weighted by atomic mass is 10.4. The number of carboxylic acids is 1. The minimum atomic E-state index is -5.08. The number of nitrogens with zero attached hydrogens (tertiary/aromatic N) is 2. The first kappa shape index (κ1) is 21.1. The highest BCUT2D eigenvalue weighted by molar-refractivity contribution is 5.91. The van der Waals surface area contributed by atoms with E-state index < -0.39 is 12.1 Å². The molecule has 2 rings (SSSR count). The molecule has 1 amide bonds. The van der Waals surface area contributed by atoms with Crippen LogP contribution in [0.15, 0.2) is 22.7 Å². The minimum Gasteiger partial charge on any atom is -0.475 e. The molecule has 0 fully saturated rings. The number of aryl methyl sites for hydroxylation is 1. The van der Waals surface area contributed by atoms with Crippen molar-refractivity contribution in [2.24, 2.45) is 0 Å². The molecule has 8 nitrogen and oxygen atoms in total. The lowest BCUT2D eigenvalue weighted by Crippen LogP contribution is -2.26. The molecular formula is C15H18F3N3O5. The van der Waals surface area contributed by atoms with Gasteiger partial charge in [-0.05, 0) is 19.9 Å². The van der Waals surface area contributed by atoms with Crippen LogP contribution in [0.2, 0.25) is 0 Å². The van der Waals surface area contributed by atoms with Gasteiger partial charge in [0.05, 0.1) is 13.2 Å². The number of furan rings is 1. The van der Waals surface area contributed by atoms with E-state index in [2.05, 4.69) is 9.97 Å². The number of aromatic amines is 1. The number of carboxylic acid groups (broad SMARTS) is 1. The van der Waals surface area contributed by atoms with Gasteiger partial charge in [0.15, 0.2) is 5.76 Å². The van der Waals surface area contributed by atoms with E-state index in [1.54, 1.807) is 25.4 Å². The molecule has 0 aliphatic carbocycles. The van der Waals surface area contributed by atoms with Crippen molar-refractivity contribution in [3.8, 4) is 5.95 Å². The fourth-order valence-electron chi connectivity index (χ4n) is 1.69. The van der Waals surface area contributed by atoms with Crippen LogP contribution in [0.3, 0.4) is 0 Å². The Morgan fingerprint density at radius 3 is 2.46 bits per heavy atom. The number of H-pyrrole nitrogens is 1. The smallest absolute Gasteiger partial charge is 0.475 e. The Balaban J connectivity index is 0.000000412. The normalized spacial score (nSPS) is 10.7. The van der Waals surface area contributed by atoms with Crippen LogP contribution in [0.4, 0.5) is 13.2 Å². The Morgan fingerprint density at radius 2 is 2.00 bits per heavy atom. The van der Waals surface area contributed by atoms with Gasteiger partial charge in [0.25, 0.3) is 11.9 Å². The Kier molecular flexibility index (Phi) is 7.23. The summed E-state index contributed by atoms with van der Waals surface area (Å²) in [5.74, 6) is -1.61. The number of hydrogen-bond donors (Lipinski definition) is 2. The molecule has 0 unspecified atom stereocenters. The van der Waals surface area contributed by atoms with Crippen molar-refractivity contribution in [2.45, 2.75) is 26.6 Å². The molecule has 2 N–H and O–H groups in total. The molecular weight excluding hydrogens is 359 g/mol.